The van der Waals surface area contributed by atoms with Crippen molar-refractivity contribution >= 4 is 28.7 Å². The second-order valence-corrected chi connectivity index (χ2v) is 14.7. The number of hydrogen-bond donors (Lipinski definition) is 2. The fourth-order valence-corrected chi connectivity index (χ4v) is 8.80. The van der Waals surface area contributed by atoms with Crippen LogP contribution in [0.15, 0.2) is 29.5 Å². The van der Waals surface area contributed by atoms with Gasteiger partial charge in [0.25, 0.3) is 5.91 Å². The average molecular weight is 683 g/mol. The Labute approximate surface area is 288 Å². The van der Waals surface area contributed by atoms with Crippen molar-refractivity contribution in [2.45, 2.75) is 90.4 Å². The van der Waals surface area contributed by atoms with Crippen molar-refractivity contribution in [3.8, 4) is 17.3 Å². The van der Waals surface area contributed by atoms with Gasteiger partial charge in [0.05, 0.1) is 25.0 Å². The molecule has 15 heteroatoms. The van der Waals surface area contributed by atoms with Gasteiger partial charge in [-0.25, -0.2) is 15.0 Å². The highest BCUT2D eigenvalue weighted by Gasteiger charge is 2.69. The van der Waals surface area contributed by atoms with Crippen LogP contribution in [0.3, 0.4) is 0 Å². The molecule has 0 radical (unpaired) electrons. The van der Waals surface area contributed by atoms with Crippen LogP contribution in [-0.2, 0) is 17.8 Å². The summed E-state index contributed by atoms with van der Waals surface area (Å²) in [6.07, 6.45) is 7.82. The number of amides is 2. The fraction of sp³-hybridized carbons (Fsp3) is 0.543. The van der Waals surface area contributed by atoms with Crippen LogP contribution >= 0.6 is 0 Å². The van der Waals surface area contributed by atoms with E-state index in [9.17, 15) is 19.5 Å². The van der Waals surface area contributed by atoms with Crippen molar-refractivity contribution < 1.29 is 19.4 Å². The summed E-state index contributed by atoms with van der Waals surface area (Å²) in [5, 5.41) is 23.3. The molecule has 2 amide bonds. The molecule has 1 saturated heterocycles. The summed E-state index contributed by atoms with van der Waals surface area (Å²) in [5.41, 5.74) is 2.43. The summed E-state index contributed by atoms with van der Waals surface area (Å²) < 4.78 is 7.06. The van der Waals surface area contributed by atoms with Crippen molar-refractivity contribution in [3.05, 3.63) is 52.0 Å². The number of fused-ring (bicyclic) bond motifs is 2. The van der Waals surface area contributed by atoms with E-state index in [1.807, 2.05) is 11.5 Å². The number of nitrogens with one attached hydrogen (secondary N) is 1. The number of pyridine rings is 2. The number of aromatic nitrogens is 7. The van der Waals surface area contributed by atoms with E-state index in [-0.39, 0.29) is 58.4 Å². The van der Waals surface area contributed by atoms with Gasteiger partial charge in [-0.15, -0.1) is 15.0 Å². The van der Waals surface area contributed by atoms with E-state index in [4.69, 9.17) is 9.84 Å². The lowest BCUT2D eigenvalue weighted by Gasteiger charge is -2.72. The van der Waals surface area contributed by atoms with Gasteiger partial charge < -0.3 is 29.5 Å². The van der Waals surface area contributed by atoms with Crippen molar-refractivity contribution in [1.29, 1.82) is 0 Å². The minimum atomic E-state index is -0.355. The Hall–Kier alpha value is -5.08. The second-order valence-electron chi connectivity index (χ2n) is 14.7. The Kier molecular flexibility index (Phi) is 7.39. The SMILES string of the molecule is CCc1c(N2CCN(C(=O)c3ncnc(C)c3O)[C@H]3CC[C@@H]32)c(=O)c2nn(-c3ccc(OC)nc3)nc2n1CC(=O)NC12CC(C(C)C)(C1)C2. The number of aromatic hydroxyl groups is 1. The Morgan fingerprint density at radius 1 is 1.08 bits per heavy atom. The monoisotopic (exact) mass is 682 g/mol. The predicted octanol–water partition coefficient (Wildman–Crippen LogP) is 2.54. The molecule has 5 aliphatic rings. The molecule has 262 valence electrons. The maximum absolute atomic E-state index is 14.5. The quantitative estimate of drug-likeness (QED) is 0.266. The number of piperazine rings is 1. The molecule has 4 aromatic rings. The van der Waals surface area contributed by atoms with E-state index in [2.05, 4.69) is 44.1 Å². The summed E-state index contributed by atoms with van der Waals surface area (Å²) >= 11 is 0. The van der Waals surface area contributed by atoms with Gasteiger partial charge in [0.2, 0.25) is 17.2 Å². The standard InChI is InChI=1S/C35H42N10O5/c1-6-22-29(42-11-12-43(24-9-8-23(24)42)33(49)28-30(47)20(4)37-18-38-28)31(48)27-32(41-45(40-27)21-7-10-26(50-5)36-13-21)44(22)14-25(46)39-35-15-34(16-35,17-35)19(2)3/h7,10,13,18-19,23-24,47H,6,8-9,11-12,14-17H2,1-5H3,(H,39,46)/t23-,24-,34?,35?/m0/s1. The third-order valence-corrected chi connectivity index (χ3v) is 11.7. The van der Waals surface area contributed by atoms with Crippen LogP contribution < -0.4 is 20.4 Å². The molecule has 2 bridgehead atoms. The van der Waals surface area contributed by atoms with Crippen molar-refractivity contribution in [3.63, 3.8) is 0 Å². The third kappa shape index (κ3) is 4.76. The second kappa shape index (κ2) is 11.5. The van der Waals surface area contributed by atoms with E-state index in [1.165, 1.54) is 18.2 Å². The highest BCUT2D eigenvalue weighted by atomic mass is 16.5. The van der Waals surface area contributed by atoms with E-state index in [0.717, 1.165) is 32.1 Å². The lowest BCUT2D eigenvalue weighted by atomic mass is 9.36. The minimum Gasteiger partial charge on any atom is -0.504 e. The number of carbonyl (C=O) groups is 2. The van der Waals surface area contributed by atoms with Crippen LogP contribution in [0, 0.1) is 18.3 Å². The van der Waals surface area contributed by atoms with E-state index >= 15 is 0 Å². The van der Waals surface area contributed by atoms with Gasteiger partial charge in [-0.3, -0.25) is 14.4 Å². The van der Waals surface area contributed by atoms with Crippen LogP contribution in [0.5, 0.6) is 11.6 Å². The van der Waals surface area contributed by atoms with Crippen LogP contribution in [0.25, 0.3) is 16.9 Å². The molecular formula is C35H42N10O5. The zero-order valence-corrected chi connectivity index (χ0v) is 29.0. The molecule has 4 aromatic heterocycles. The highest BCUT2D eigenvalue weighted by Crippen LogP contribution is 2.70. The number of ether oxygens (including phenoxy) is 1. The lowest BCUT2D eigenvalue weighted by Crippen LogP contribution is -2.76. The Balaban J connectivity index is 1.16. The number of hydrogen-bond acceptors (Lipinski definition) is 11. The summed E-state index contributed by atoms with van der Waals surface area (Å²) in [4.78, 5) is 59.6. The van der Waals surface area contributed by atoms with Crippen molar-refractivity contribution in [2.75, 3.05) is 25.1 Å². The number of rotatable bonds is 9. The minimum absolute atomic E-state index is 0.0121. The zero-order chi connectivity index (χ0) is 35.1. The Bertz CT molecular complexity index is 2070. The molecule has 5 heterocycles. The lowest BCUT2D eigenvalue weighted by molar-refractivity contribution is -0.187. The summed E-state index contributed by atoms with van der Waals surface area (Å²) in [6, 6.07) is 3.14. The van der Waals surface area contributed by atoms with Crippen LogP contribution in [-0.4, -0.2) is 94.2 Å². The predicted molar refractivity (Wildman–Crippen MR) is 182 cm³/mol. The summed E-state index contributed by atoms with van der Waals surface area (Å²) in [5.74, 6) is 0.321. The first-order valence-corrected chi connectivity index (χ1v) is 17.4. The Morgan fingerprint density at radius 2 is 1.84 bits per heavy atom. The van der Waals surface area contributed by atoms with Crippen LogP contribution in [0.4, 0.5) is 5.69 Å². The summed E-state index contributed by atoms with van der Waals surface area (Å²) in [6.45, 7) is 8.81. The molecule has 4 aliphatic carbocycles. The first-order valence-electron chi connectivity index (χ1n) is 17.4. The fourth-order valence-electron chi connectivity index (χ4n) is 8.80. The Morgan fingerprint density at radius 3 is 2.48 bits per heavy atom. The number of methoxy groups -OCH3 is 1. The highest BCUT2D eigenvalue weighted by molar-refractivity contribution is 5.95. The summed E-state index contributed by atoms with van der Waals surface area (Å²) in [7, 11) is 1.53. The molecule has 2 atom stereocenters. The molecule has 15 nitrogen and oxygen atoms in total. The number of carbonyl (C=O) groups excluding carboxylic acids is 2. The van der Waals surface area contributed by atoms with Crippen LogP contribution in [0.1, 0.15) is 74.8 Å². The third-order valence-electron chi connectivity index (χ3n) is 11.7. The van der Waals surface area contributed by atoms with Crippen LogP contribution in [0.2, 0.25) is 0 Å². The molecule has 5 fully saturated rings. The van der Waals surface area contributed by atoms with Gasteiger partial charge >= 0.3 is 0 Å². The average Bonchev–Trinajstić information content (AvgIpc) is 3.50. The van der Waals surface area contributed by atoms with Gasteiger partial charge in [-0.05, 0) is 62.8 Å². The van der Waals surface area contributed by atoms with Gasteiger partial charge in [0, 0.05) is 36.4 Å². The first-order chi connectivity index (χ1) is 24.0. The molecule has 1 aliphatic heterocycles. The molecule has 0 unspecified atom stereocenters. The molecular weight excluding hydrogens is 640 g/mol. The first kappa shape index (κ1) is 32.1. The smallest absolute Gasteiger partial charge is 0.276 e. The maximum Gasteiger partial charge on any atom is 0.276 e. The van der Waals surface area contributed by atoms with Gasteiger partial charge in [-0.1, -0.05) is 20.8 Å². The molecule has 50 heavy (non-hydrogen) atoms. The van der Waals surface area contributed by atoms with Gasteiger partial charge in [0.1, 0.15) is 24.2 Å². The number of anilines is 1. The number of nitrogens with zero attached hydrogens (tertiary/aromatic N) is 9. The molecule has 4 saturated carbocycles. The van der Waals surface area contributed by atoms with Gasteiger partial charge in [-0.2, -0.15) is 0 Å². The molecule has 0 spiro atoms. The maximum atomic E-state index is 14.5. The van der Waals surface area contributed by atoms with E-state index in [1.54, 1.807) is 30.2 Å². The molecule has 0 aromatic carbocycles. The molecule has 9 rings (SSSR count). The molecule has 2 N–H and O–H groups in total. The van der Waals surface area contributed by atoms with E-state index in [0.29, 0.717) is 65.1 Å². The largest absolute Gasteiger partial charge is 0.504 e. The van der Waals surface area contributed by atoms with Crippen molar-refractivity contribution in [2.24, 2.45) is 11.3 Å². The topological polar surface area (TPSA) is 173 Å². The van der Waals surface area contributed by atoms with E-state index < -0.39 is 0 Å². The number of aryl methyl sites for hydroxylation is 1. The van der Waals surface area contributed by atoms with Gasteiger partial charge in [0.15, 0.2) is 22.6 Å². The zero-order valence-electron chi connectivity index (χ0n) is 29.0. The normalized spacial score (nSPS) is 25.1. The van der Waals surface area contributed by atoms with Crippen molar-refractivity contribution in [1.82, 2.24) is 44.7 Å².